The van der Waals surface area contributed by atoms with Gasteiger partial charge >= 0.3 is 0 Å². The number of ketones is 1. The first kappa shape index (κ1) is 21.7. The second kappa shape index (κ2) is 9.05. The molecule has 0 saturated heterocycles. The Hall–Kier alpha value is -3.08. The lowest BCUT2D eigenvalue weighted by molar-refractivity contribution is 0.0968. The Kier molecular flexibility index (Phi) is 5.96. The zero-order valence-electron chi connectivity index (χ0n) is 19.7. The van der Waals surface area contributed by atoms with Crippen LogP contribution in [0.15, 0.2) is 42.6 Å². The van der Waals surface area contributed by atoms with Crippen LogP contribution < -0.4 is 14.8 Å². The molecule has 5 rings (SSSR count). The van der Waals surface area contributed by atoms with Crippen molar-refractivity contribution in [2.75, 3.05) is 19.5 Å². The van der Waals surface area contributed by atoms with Gasteiger partial charge in [0, 0.05) is 23.5 Å². The van der Waals surface area contributed by atoms with Crippen LogP contribution in [0.4, 0.5) is 5.69 Å². The minimum atomic E-state index is 0.158. The molecule has 172 valence electrons. The number of rotatable bonds is 7. The van der Waals surface area contributed by atoms with Gasteiger partial charge in [-0.1, -0.05) is 19.1 Å². The van der Waals surface area contributed by atoms with E-state index in [0.717, 1.165) is 64.9 Å². The molecule has 33 heavy (non-hydrogen) atoms. The van der Waals surface area contributed by atoms with E-state index < -0.39 is 0 Å². The summed E-state index contributed by atoms with van der Waals surface area (Å²) in [6, 6.07) is 12.6. The maximum absolute atomic E-state index is 13.2. The summed E-state index contributed by atoms with van der Waals surface area (Å²) in [6.45, 7) is 2.33. The van der Waals surface area contributed by atoms with E-state index in [1.807, 2.05) is 24.3 Å². The lowest BCUT2D eigenvalue weighted by Crippen LogP contribution is -2.26. The Bertz CT molecular complexity index is 1180. The van der Waals surface area contributed by atoms with Crippen molar-refractivity contribution in [3.05, 3.63) is 48.2 Å². The second-order valence-electron chi connectivity index (χ2n) is 9.59. The highest BCUT2D eigenvalue weighted by Gasteiger charge is 2.33. The van der Waals surface area contributed by atoms with Gasteiger partial charge in [0.15, 0.2) is 17.3 Å². The van der Waals surface area contributed by atoms with Gasteiger partial charge in [0.1, 0.15) is 0 Å². The molecule has 2 fully saturated rings. The van der Waals surface area contributed by atoms with Crippen molar-refractivity contribution in [3.63, 3.8) is 0 Å². The predicted molar refractivity (Wildman–Crippen MR) is 132 cm³/mol. The molecule has 1 heterocycles. The number of benzene rings is 2. The van der Waals surface area contributed by atoms with Gasteiger partial charge in [-0.3, -0.25) is 9.78 Å². The van der Waals surface area contributed by atoms with E-state index in [1.54, 1.807) is 20.4 Å². The SMILES string of the molecule is COc1ccc(-c2ccc3ncc(C(=O)C4CC4)c(NC4CCC(C)CC4)c3c2)cc1OC. The number of nitrogens with zero attached hydrogens (tertiary/aromatic N) is 1. The zero-order valence-corrected chi connectivity index (χ0v) is 19.7. The Labute approximate surface area is 195 Å². The first-order valence-electron chi connectivity index (χ1n) is 12.0. The molecule has 0 atom stereocenters. The number of Topliss-reactive ketones (excluding diaryl/α,β-unsaturated/α-hetero) is 1. The molecule has 0 unspecified atom stereocenters. The van der Waals surface area contributed by atoms with E-state index in [0.29, 0.717) is 17.5 Å². The normalized spacial score (nSPS) is 20.5. The summed E-state index contributed by atoms with van der Waals surface area (Å²) in [5.74, 6) is 2.56. The van der Waals surface area contributed by atoms with E-state index in [-0.39, 0.29) is 11.7 Å². The maximum Gasteiger partial charge on any atom is 0.169 e. The second-order valence-corrected chi connectivity index (χ2v) is 9.59. The van der Waals surface area contributed by atoms with Crippen molar-refractivity contribution >= 4 is 22.4 Å². The molecule has 1 aromatic heterocycles. The van der Waals surface area contributed by atoms with E-state index in [4.69, 9.17) is 9.47 Å². The van der Waals surface area contributed by atoms with E-state index in [9.17, 15) is 4.79 Å². The van der Waals surface area contributed by atoms with Crippen molar-refractivity contribution in [2.24, 2.45) is 11.8 Å². The molecule has 0 bridgehead atoms. The first-order valence-corrected chi connectivity index (χ1v) is 12.0. The third-order valence-corrected chi connectivity index (χ3v) is 7.16. The Morgan fingerprint density at radius 2 is 1.61 bits per heavy atom. The number of pyridine rings is 1. The first-order chi connectivity index (χ1) is 16.1. The van der Waals surface area contributed by atoms with Crippen LogP contribution in [0, 0.1) is 11.8 Å². The average Bonchev–Trinajstić information content (AvgIpc) is 3.70. The number of aromatic nitrogens is 1. The Morgan fingerprint density at radius 3 is 2.30 bits per heavy atom. The molecule has 3 aromatic rings. The number of carbonyl (C=O) groups excluding carboxylic acids is 1. The van der Waals surface area contributed by atoms with Gasteiger partial charge in [-0.25, -0.2) is 0 Å². The van der Waals surface area contributed by atoms with Crippen molar-refractivity contribution in [2.45, 2.75) is 51.5 Å². The van der Waals surface area contributed by atoms with Crippen LogP contribution in [0.5, 0.6) is 11.5 Å². The summed E-state index contributed by atoms with van der Waals surface area (Å²) in [4.78, 5) is 17.8. The van der Waals surface area contributed by atoms with Gasteiger partial charge < -0.3 is 14.8 Å². The molecule has 0 spiro atoms. The lowest BCUT2D eigenvalue weighted by atomic mass is 9.87. The molecular weight excluding hydrogens is 412 g/mol. The minimum Gasteiger partial charge on any atom is -0.493 e. The van der Waals surface area contributed by atoms with Crippen LogP contribution in [0.25, 0.3) is 22.0 Å². The van der Waals surface area contributed by atoms with E-state index in [2.05, 4.69) is 29.4 Å². The van der Waals surface area contributed by atoms with Crippen molar-refractivity contribution in [1.29, 1.82) is 0 Å². The van der Waals surface area contributed by atoms with Crippen molar-refractivity contribution < 1.29 is 14.3 Å². The Balaban J connectivity index is 1.59. The Morgan fingerprint density at radius 1 is 0.909 bits per heavy atom. The third kappa shape index (κ3) is 4.41. The molecule has 0 radical (unpaired) electrons. The third-order valence-electron chi connectivity index (χ3n) is 7.16. The van der Waals surface area contributed by atoms with Crippen LogP contribution >= 0.6 is 0 Å². The lowest BCUT2D eigenvalue weighted by Gasteiger charge is -2.29. The fourth-order valence-corrected chi connectivity index (χ4v) is 4.90. The van der Waals surface area contributed by atoms with Gasteiger partial charge in [0.05, 0.1) is 31.0 Å². The standard InChI is InChI=1S/C28H32N2O3/c1-17-4-10-21(11-5-17)30-27-22-14-19(20-9-13-25(32-2)26(15-20)33-3)8-12-24(22)29-16-23(27)28(31)18-6-7-18/h8-9,12-18,21H,4-7,10-11H2,1-3H3,(H,29,30). The number of anilines is 1. The largest absolute Gasteiger partial charge is 0.493 e. The van der Waals surface area contributed by atoms with Gasteiger partial charge in [-0.2, -0.15) is 0 Å². The van der Waals surface area contributed by atoms with Crippen LogP contribution in [-0.2, 0) is 0 Å². The maximum atomic E-state index is 13.2. The summed E-state index contributed by atoms with van der Waals surface area (Å²) in [5.41, 5.74) is 4.69. The van der Waals surface area contributed by atoms with Crippen molar-refractivity contribution in [1.82, 2.24) is 4.98 Å². The summed E-state index contributed by atoms with van der Waals surface area (Å²) >= 11 is 0. The summed E-state index contributed by atoms with van der Waals surface area (Å²) in [5, 5.41) is 4.80. The van der Waals surface area contributed by atoms with Crippen LogP contribution in [0.3, 0.4) is 0 Å². The smallest absolute Gasteiger partial charge is 0.169 e. The number of methoxy groups -OCH3 is 2. The molecule has 0 aliphatic heterocycles. The van der Waals surface area contributed by atoms with Gasteiger partial charge in [0.2, 0.25) is 0 Å². The molecule has 2 saturated carbocycles. The van der Waals surface area contributed by atoms with Crippen molar-refractivity contribution in [3.8, 4) is 22.6 Å². The van der Waals surface area contributed by atoms with Gasteiger partial charge in [0.25, 0.3) is 0 Å². The number of nitrogens with one attached hydrogen (secondary N) is 1. The van der Waals surface area contributed by atoms with Gasteiger partial charge in [-0.15, -0.1) is 0 Å². The molecular formula is C28H32N2O3. The molecule has 5 nitrogen and oxygen atoms in total. The summed E-state index contributed by atoms with van der Waals surface area (Å²) in [7, 11) is 3.29. The van der Waals surface area contributed by atoms with Crippen LogP contribution in [-0.4, -0.2) is 31.0 Å². The number of hydrogen-bond acceptors (Lipinski definition) is 5. The highest BCUT2D eigenvalue weighted by atomic mass is 16.5. The monoisotopic (exact) mass is 444 g/mol. The van der Waals surface area contributed by atoms with Crippen LogP contribution in [0.1, 0.15) is 55.8 Å². The van der Waals surface area contributed by atoms with Gasteiger partial charge in [-0.05, 0) is 79.8 Å². The summed E-state index contributed by atoms with van der Waals surface area (Å²) in [6.07, 6.45) is 8.49. The highest BCUT2D eigenvalue weighted by Crippen LogP contribution is 2.39. The quantitative estimate of drug-likeness (QED) is 0.421. The molecule has 2 aliphatic carbocycles. The minimum absolute atomic E-state index is 0.158. The topological polar surface area (TPSA) is 60.5 Å². The van der Waals surface area contributed by atoms with Crippen LogP contribution in [0.2, 0.25) is 0 Å². The molecule has 0 amide bonds. The number of carbonyl (C=O) groups is 1. The zero-order chi connectivity index (χ0) is 22.9. The fourth-order valence-electron chi connectivity index (χ4n) is 4.90. The average molecular weight is 445 g/mol. The molecule has 2 aliphatic rings. The number of hydrogen-bond donors (Lipinski definition) is 1. The molecule has 1 N–H and O–H groups in total. The summed E-state index contributed by atoms with van der Waals surface area (Å²) < 4.78 is 10.9. The number of fused-ring (bicyclic) bond motifs is 1. The highest BCUT2D eigenvalue weighted by molar-refractivity contribution is 6.10. The number of ether oxygens (including phenoxy) is 2. The fraction of sp³-hybridized carbons (Fsp3) is 0.429. The van der Waals surface area contributed by atoms with E-state index in [1.165, 1.54) is 12.8 Å². The van der Waals surface area contributed by atoms with E-state index >= 15 is 0 Å². The molecule has 5 heteroatoms. The molecule has 2 aromatic carbocycles. The predicted octanol–water partition coefficient (Wildman–Crippen LogP) is 6.50.